The van der Waals surface area contributed by atoms with E-state index in [-0.39, 0.29) is 0 Å². The molecule has 2 nitrogen and oxygen atoms in total. The predicted octanol–water partition coefficient (Wildman–Crippen LogP) is 14.1. The SMILES string of the molecule is Cc1c(C)n(-c2ccc3ccc4cccc5ccc2c3c45)c2cc3ccc4cc(N(c5ccccc5)c5ccc6ccccc6c5)ccc4c3cc12. The number of aryl methyl sites for hydroxylation is 1. The van der Waals surface area contributed by atoms with Crippen LogP contribution in [-0.2, 0) is 0 Å². The Labute approximate surface area is 301 Å². The lowest BCUT2D eigenvalue weighted by molar-refractivity contribution is 1.05. The fourth-order valence-corrected chi connectivity index (χ4v) is 8.82. The summed E-state index contributed by atoms with van der Waals surface area (Å²) >= 11 is 0. The van der Waals surface area contributed by atoms with Crippen LogP contribution in [0.1, 0.15) is 11.3 Å². The molecule has 244 valence electrons. The van der Waals surface area contributed by atoms with E-state index in [0.717, 1.165) is 17.1 Å². The van der Waals surface area contributed by atoms with Crippen LogP contribution < -0.4 is 4.90 Å². The number of rotatable bonds is 4. The van der Waals surface area contributed by atoms with Gasteiger partial charge in [0, 0.05) is 33.5 Å². The van der Waals surface area contributed by atoms with Crippen molar-refractivity contribution in [3.63, 3.8) is 0 Å². The third kappa shape index (κ3) is 4.18. The first-order valence-corrected chi connectivity index (χ1v) is 18.1. The highest BCUT2D eigenvalue weighted by molar-refractivity contribution is 6.25. The quantitative estimate of drug-likeness (QED) is 0.170. The summed E-state index contributed by atoms with van der Waals surface area (Å²) in [7, 11) is 0. The van der Waals surface area contributed by atoms with Gasteiger partial charge in [0.15, 0.2) is 0 Å². The third-order valence-corrected chi connectivity index (χ3v) is 11.5. The van der Waals surface area contributed by atoms with Crippen molar-refractivity contribution in [3.8, 4) is 5.69 Å². The summed E-state index contributed by atoms with van der Waals surface area (Å²) in [6, 6.07) is 62.7. The number of nitrogens with zero attached hydrogens (tertiary/aromatic N) is 2. The van der Waals surface area contributed by atoms with E-state index in [2.05, 4.69) is 193 Å². The molecule has 0 N–H and O–H groups in total. The number of hydrogen-bond donors (Lipinski definition) is 0. The lowest BCUT2D eigenvalue weighted by Gasteiger charge is -2.26. The molecule has 0 aliphatic carbocycles. The molecule has 11 rings (SSSR count). The number of fused-ring (bicyclic) bond motifs is 5. The Kier molecular flexibility index (Phi) is 6.12. The molecule has 52 heavy (non-hydrogen) atoms. The van der Waals surface area contributed by atoms with Crippen LogP contribution in [-0.4, -0.2) is 4.57 Å². The van der Waals surface area contributed by atoms with E-state index in [4.69, 9.17) is 0 Å². The minimum absolute atomic E-state index is 1.14. The van der Waals surface area contributed by atoms with Crippen LogP contribution >= 0.6 is 0 Å². The zero-order valence-electron chi connectivity index (χ0n) is 29.1. The van der Waals surface area contributed by atoms with Gasteiger partial charge in [0.1, 0.15) is 0 Å². The molecule has 0 saturated heterocycles. The molecule has 0 aliphatic heterocycles. The molecule has 0 unspecified atom stereocenters. The number of aromatic nitrogens is 1. The topological polar surface area (TPSA) is 8.17 Å². The van der Waals surface area contributed by atoms with Crippen LogP contribution in [0.4, 0.5) is 17.1 Å². The molecule has 0 amide bonds. The minimum atomic E-state index is 1.14. The van der Waals surface area contributed by atoms with Gasteiger partial charge in [-0.05, 0) is 133 Å². The van der Waals surface area contributed by atoms with E-state index in [1.807, 2.05) is 0 Å². The zero-order valence-corrected chi connectivity index (χ0v) is 29.1. The molecule has 1 aromatic heterocycles. The average molecular weight is 663 g/mol. The minimum Gasteiger partial charge on any atom is -0.313 e. The van der Waals surface area contributed by atoms with Crippen LogP contribution in [0.5, 0.6) is 0 Å². The summed E-state index contributed by atoms with van der Waals surface area (Å²) in [5.41, 5.74) is 8.51. The summed E-state index contributed by atoms with van der Waals surface area (Å²) in [5, 5.41) is 16.7. The number of hydrogen-bond acceptors (Lipinski definition) is 1. The summed E-state index contributed by atoms with van der Waals surface area (Å²) in [6.45, 7) is 4.55. The molecule has 1 heterocycles. The second-order valence-electron chi connectivity index (χ2n) is 14.3. The van der Waals surface area contributed by atoms with E-state index in [1.165, 1.54) is 92.5 Å². The van der Waals surface area contributed by atoms with Crippen molar-refractivity contribution < 1.29 is 0 Å². The van der Waals surface area contributed by atoms with Gasteiger partial charge < -0.3 is 9.47 Å². The maximum Gasteiger partial charge on any atom is 0.0540 e. The third-order valence-electron chi connectivity index (χ3n) is 11.5. The Bertz CT molecular complexity index is 3190. The zero-order chi connectivity index (χ0) is 34.5. The van der Waals surface area contributed by atoms with Crippen molar-refractivity contribution in [1.29, 1.82) is 0 Å². The highest BCUT2D eigenvalue weighted by Gasteiger charge is 2.19. The standard InChI is InChI=1S/C50H34N2/c1-31-32(2)51(47-26-21-36-16-15-34-11-8-12-35-20-24-44(47)50(36)49(34)35)48-29-39-18-17-38-28-42(23-25-43(38)46(39)30-45(31)48)52(40-13-4-3-5-14-40)41-22-19-33-9-6-7-10-37(33)27-41/h3-30H,1-2H3. The molecule has 0 bridgehead atoms. The molecule has 0 spiro atoms. The van der Waals surface area contributed by atoms with Gasteiger partial charge in [-0.25, -0.2) is 0 Å². The lowest BCUT2D eigenvalue weighted by atomic mass is 9.93. The average Bonchev–Trinajstić information content (AvgIpc) is 3.44. The fraction of sp³-hybridized carbons (Fsp3) is 0.0400. The van der Waals surface area contributed by atoms with E-state index in [0.29, 0.717) is 0 Å². The van der Waals surface area contributed by atoms with E-state index in [1.54, 1.807) is 0 Å². The van der Waals surface area contributed by atoms with Crippen molar-refractivity contribution in [2.24, 2.45) is 0 Å². The number of para-hydroxylation sites is 1. The van der Waals surface area contributed by atoms with E-state index < -0.39 is 0 Å². The molecule has 0 aliphatic rings. The number of benzene rings is 10. The molecule has 10 aromatic carbocycles. The van der Waals surface area contributed by atoms with Crippen LogP contribution in [0, 0.1) is 13.8 Å². The largest absolute Gasteiger partial charge is 0.313 e. The van der Waals surface area contributed by atoms with Gasteiger partial charge in [0.25, 0.3) is 0 Å². The highest BCUT2D eigenvalue weighted by Crippen LogP contribution is 2.42. The Balaban J connectivity index is 1.09. The normalized spacial score (nSPS) is 12.0. The maximum atomic E-state index is 2.49. The van der Waals surface area contributed by atoms with Gasteiger partial charge in [0.05, 0.1) is 11.2 Å². The first-order valence-electron chi connectivity index (χ1n) is 18.1. The van der Waals surface area contributed by atoms with Gasteiger partial charge in [-0.15, -0.1) is 0 Å². The smallest absolute Gasteiger partial charge is 0.0540 e. The van der Waals surface area contributed by atoms with Gasteiger partial charge >= 0.3 is 0 Å². The maximum absolute atomic E-state index is 2.49. The summed E-state index contributed by atoms with van der Waals surface area (Å²) < 4.78 is 2.49. The summed E-state index contributed by atoms with van der Waals surface area (Å²) in [5.74, 6) is 0. The molecule has 0 radical (unpaired) electrons. The van der Waals surface area contributed by atoms with Crippen molar-refractivity contribution >= 4 is 92.6 Å². The molecule has 0 fully saturated rings. The molecule has 0 saturated carbocycles. The van der Waals surface area contributed by atoms with Gasteiger partial charge in [-0.2, -0.15) is 0 Å². The summed E-state index contributed by atoms with van der Waals surface area (Å²) in [6.07, 6.45) is 0. The van der Waals surface area contributed by atoms with Crippen LogP contribution in [0.3, 0.4) is 0 Å². The van der Waals surface area contributed by atoms with Gasteiger partial charge in [0.2, 0.25) is 0 Å². The predicted molar refractivity (Wildman–Crippen MR) is 224 cm³/mol. The lowest BCUT2D eigenvalue weighted by Crippen LogP contribution is -2.09. The number of anilines is 3. The molecule has 2 heteroatoms. The molecule has 0 atom stereocenters. The summed E-state index contributed by atoms with van der Waals surface area (Å²) in [4.78, 5) is 2.36. The van der Waals surface area contributed by atoms with Crippen molar-refractivity contribution in [2.75, 3.05) is 4.90 Å². The molecular formula is C50H34N2. The van der Waals surface area contributed by atoms with Crippen LogP contribution in [0.25, 0.3) is 81.2 Å². The highest BCUT2D eigenvalue weighted by atomic mass is 15.1. The van der Waals surface area contributed by atoms with E-state index >= 15 is 0 Å². The van der Waals surface area contributed by atoms with Crippen molar-refractivity contribution in [1.82, 2.24) is 4.57 Å². The van der Waals surface area contributed by atoms with Gasteiger partial charge in [-0.1, -0.05) is 115 Å². The second-order valence-corrected chi connectivity index (χ2v) is 14.3. The second kappa shape index (κ2) is 10.9. The van der Waals surface area contributed by atoms with Crippen LogP contribution in [0.15, 0.2) is 170 Å². The Morgan fingerprint density at radius 1 is 0.365 bits per heavy atom. The first-order chi connectivity index (χ1) is 25.6. The monoisotopic (exact) mass is 662 g/mol. The van der Waals surface area contributed by atoms with Crippen molar-refractivity contribution in [3.05, 3.63) is 181 Å². The molecular weight excluding hydrogens is 629 g/mol. The van der Waals surface area contributed by atoms with Crippen LogP contribution in [0.2, 0.25) is 0 Å². The van der Waals surface area contributed by atoms with E-state index in [9.17, 15) is 0 Å². The Hall–Kier alpha value is -6.64. The molecule has 11 aromatic rings. The first kappa shape index (κ1) is 29.1. The fourth-order valence-electron chi connectivity index (χ4n) is 8.82. The van der Waals surface area contributed by atoms with Gasteiger partial charge in [-0.3, -0.25) is 0 Å². The van der Waals surface area contributed by atoms with Crippen molar-refractivity contribution in [2.45, 2.75) is 13.8 Å². The Morgan fingerprint density at radius 3 is 1.75 bits per heavy atom. The Morgan fingerprint density at radius 2 is 0.942 bits per heavy atom.